The fraction of sp³-hybridized carbons (Fsp3) is 0.190. The van der Waals surface area contributed by atoms with E-state index in [9.17, 15) is 0 Å². The summed E-state index contributed by atoms with van der Waals surface area (Å²) in [6.45, 7) is 4.32. The molecule has 0 radical (unpaired) electrons. The molecule has 210 valence electrons. The number of hydrogen-bond acceptors (Lipinski definition) is 2. The smallest absolute Gasteiger partial charge is 0.128 e. The van der Waals surface area contributed by atoms with Gasteiger partial charge in [0.15, 0.2) is 0 Å². The van der Waals surface area contributed by atoms with Gasteiger partial charge in [0.1, 0.15) is 22.4 Å². The zero-order valence-corrected chi connectivity index (χ0v) is 24.7. The summed E-state index contributed by atoms with van der Waals surface area (Å²) in [6.07, 6.45) is 4.79. The van der Waals surface area contributed by atoms with Crippen molar-refractivity contribution >= 4 is 21.5 Å². The molecule has 0 N–H and O–H groups in total. The van der Waals surface area contributed by atoms with E-state index in [0.29, 0.717) is 0 Å². The second-order valence-corrected chi connectivity index (χ2v) is 13.7. The van der Waals surface area contributed by atoms with Gasteiger partial charge in [-0.15, -0.1) is 0 Å². The lowest BCUT2D eigenvalue weighted by atomic mass is 9.48. The molecular weight excluding hydrogens is 536 g/mol. The lowest BCUT2D eigenvalue weighted by molar-refractivity contribution is -0.147. The molecule has 4 heterocycles. The second-order valence-electron chi connectivity index (χ2n) is 13.7. The maximum atomic E-state index is 8.06. The van der Waals surface area contributed by atoms with Gasteiger partial charge in [-0.2, -0.15) is 0 Å². The maximum absolute atomic E-state index is 8.06. The zero-order valence-electron chi connectivity index (χ0n) is 24.7. The number of aryl methyl sites for hydroxylation is 2. The average Bonchev–Trinajstić information content (AvgIpc) is 3.79. The van der Waals surface area contributed by atoms with Crippen molar-refractivity contribution in [2.75, 3.05) is 0 Å². The van der Waals surface area contributed by atoms with Gasteiger partial charge in [0.2, 0.25) is 0 Å². The van der Waals surface area contributed by atoms with Crippen molar-refractivity contribution in [2.24, 2.45) is 11.8 Å². The van der Waals surface area contributed by atoms with Crippen LogP contribution in [0.15, 0.2) is 133 Å². The first-order valence-electron chi connectivity index (χ1n) is 15.8. The SMILES string of the molecule is Cc1ccc([C@@]23O[C@]4(c5ccc6ccccc6c52)c2cccc5cccc(c25)[C@]25C=C[C@](c6ccc(C)cc6)(O2)[C@H]3[C@H]45)cc1. The Morgan fingerprint density at radius 2 is 1.11 bits per heavy atom. The van der Waals surface area contributed by atoms with Gasteiger partial charge >= 0.3 is 0 Å². The van der Waals surface area contributed by atoms with Gasteiger partial charge in [-0.3, -0.25) is 0 Å². The van der Waals surface area contributed by atoms with Crippen LogP contribution >= 0.6 is 0 Å². The molecule has 5 aliphatic rings. The quantitative estimate of drug-likeness (QED) is 0.195. The Morgan fingerprint density at radius 3 is 1.89 bits per heavy atom. The molecule has 6 atom stereocenters. The lowest BCUT2D eigenvalue weighted by Gasteiger charge is -2.48. The van der Waals surface area contributed by atoms with Crippen LogP contribution in [0.3, 0.4) is 0 Å². The van der Waals surface area contributed by atoms with Gasteiger partial charge in [0.05, 0.1) is 0 Å². The Hall–Kier alpha value is -4.50. The molecule has 1 aliphatic carbocycles. The zero-order chi connectivity index (χ0) is 29.1. The van der Waals surface area contributed by atoms with E-state index >= 15 is 0 Å². The van der Waals surface area contributed by atoms with Crippen LogP contribution in [0.1, 0.15) is 44.5 Å². The van der Waals surface area contributed by atoms with Gasteiger partial charge in [0.25, 0.3) is 0 Å². The van der Waals surface area contributed by atoms with Crippen molar-refractivity contribution in [3.63, 3.8) is 0 Å². The van der Waals surface area contributed by atoms with Crippen LogP contribution in [-0.2, 0) is 31.9 Å². The Morgan fingerprint density at radius 1 is 0.477 bits per heavy atom. The molecule has 2 fully saturated rings. The minimum atomic E-state index is -0.726. The maximum Gasteiger partial charge on any atom is 0.128 e. The molecule has 6 aromatic carbocycles. The third kappa shape index (κ3) is 2.33. The molecule has 0 unspecified atom stereocenters. The molecule has 2 spiro atoms. The van der Waals surface area contributed by atoms with E-state index in [1.807, 2.05) is 0 Å². The number of ether oxygens (including phenoxy) is 2. The van der Waals surface area contributed by atoms with Crippen LogP contribution < -0.4 is 0 Å². The van der Waals surface area contributed by atoms with Crippen LogP contribution in [0.4, 0.5) is 0 Å². The molecule has 2 heteroatoms. The van der Waals surface area contributed by atoms with Gasteiger partial charge in [-0.05, 0) is 75.4 Å². The standard InChI is InChI=1S/C42H30O2/c1-25-13-18-29(19-14-25)39-23-24-40(43-39)32-11-5-8-28-9-6-12-33(35(28)32)42-34-22-17-27-7-3-4-10-31(27)36(34)41(44-42,37(39)38(40)42)30-20-15-26(2)16-21-30/h3-24,37-38H,1-2H3/t37-,38+,39-,40+,41-,42+/m1/s1. The summed E-state index contributed by atoms with van der Waals surface area (Å²) >= 11 is 0. The largest absolute Gasteiger partial charge is 0.350 e. The summed E-state index contributed by atoms with van der Waals surface area (Å²) in [4.78, 5) is 0. The highest BCUT2D eigenvalue weighted by Crippen LogP contribution is 2.83. The van der Waals surface area contributed by atoms with Crippen molar-refractivity contribution < 1.29 is 9.47 Å². The molecule has 0 aromatic heterocycles. The van der Waals surface area contributed by atoms with Gasteiger partial charge in [-0.1, -0.05) is 132 Å². The Kier molecular flexibility index (Phi) is 4.02. The predicted octanol–water partition coefficient (Wildman–Crippen LogP) is 9.08. The monoisotopic (exact) mass is 566 g/mol. The molecule has 2 saturated heterocycles. The summed E-state index contributed by atoms with van der Waals surface area (Å²) < 4.78 is 15.8. The highest BCUT2D eigenvalue weighted by molar-refractivity contribution is 5.96. The lowest BCUT2D eigenvalue weighted by Crippen LogP contribution is -2.51. The first kappa shape index (κ1) is 23.9. The number of fused-ring (bicyclic) bond motifs is 8. The van der Waals surface area contributed by atoms with Gasteiger partial charge < -0.3 is 9.47 Å². The van der Waals surface area contributed by atoms with E-state index in [4.69, 9.17) is 9.47 Å². The Labute approximate surface area is 256 Å². The number of benzene rings is 6. The summed E-state index contributed by atoms with van der Waals surface area (Å²) in [7, 11) is 0. The molecule has 0 saturated carbocycles. The van der Waals surface area contributed by atoms with Crippen molar-refractivity contribution in [2.45, 2.75) is 36.3 Å². The Bertz CT molecular complexity index is 2280. The molecule has 0 amide bonds. The molecule has 11 rings (SSSR count). The average molecular weight is 567 g/mol. The van der Waals surface area contributed by atoms with Gasteiger partial charge in [-0.25, -0.2) is 0 Å². The van der Waals surface area contributed by atoms with E-state index in [0.717, 1.165) is 0 Å². The van der Waals surface area contributed by atoms with Crippen molar-refractivity contribution in [1.82, 2.24) is 0 Å². The summed E-state index contributed by atoms with van der Waals surface area (Å²) in [5.74, 6) is 0.0594. The minimum absolute atomic E-state index is 0.00679. The summed E-state index contributed by atoms with van der Waals surface area (Å²) in [5.41, 5.74) is 7.39. The van der Waals surface area contributed by atoms with Crippen molar-refractivity contribution in [3.8, 4) is 0 Å². The van der Waals surface area contributed by atoms with E-state index in [1.165, 1.54) is 66.1 Å². The van der Waals surface area contributed by atoms with Crippen LogP contribution in [0.2, 0.25) is 0 Å². The predicted molar refractivity (Wildman–Crippen MR) is 173 cm³/mol. The summed E-state index contributed by atoms with van der Waals surface area (Å²) in [6, 6.07) is 45.3. The summed E-state index contributed by atoms with van der Waals surface area (Å²) in [5, 5.41) is 5.03. The van der Waals surface area contributed by atoms with Crippen molar-refractivity contribution in [1.29, 1.82) is 0 Å². The van der Waals surface area contributed by atoms with Gasteiger partial charge in [0, 0.05) is 17.4 Å². The molecule has 6 aromatic rings. The topological polar surface area (TPSA) is 18.5 Å². The van der Waals surface area contributed by atoms with Crippen LogP contribution in [0.25, 0.3) is 21.5 Å². The first-order chi connectivity index (χ1) is 21.5. The highest BCUT2D eigenvalue weighted by atomic mass is 16.6. The molecule has 4 bridgehead atoms. The van der Waals surface area contributed by atoms with Crippen LogP contribution in [-0.4, -0.2) is 0 Å². The fourth-order valence-electron chi connectivity index (χ4n) is 10.3. The normalized spacial score (nSPS) is 32.9. The van der Waals surface area contributed by atoms with Crippen LogP contribution in [0.5, 0.6) is 0 Å². The Balaban J connectivity index is 1.37. The third-order valence-corrected chi connectivity index (χ3v) is 11.8. The number of rotatable bonds is 2. The molecule has 4 aliphatic heterocycles. The fourth-order valence-corrected chi connectivity index (χ4v) is 10.3. The molecule has 2 nitrogen and oxygen atoms in total. The van der Waals surface area contributed by atoms with Crippen LogP contribution in [0, 0.1) is 25.7 Å². The minimum Gasteiger partial charge on any atom is -0.350 e. The molecule has 44 heavy (non-hydrogen) atoms. The van der Waals surface area contributed by atoms with E-state index in [2.05, 4.69) is 147 Å². The molecular formula is C42H30O2. The van der Waals surface area contributed by atoms with E-state index in [1.54, 1.807) is 0 Å². The highest BCUT2D eigenvalue weighted by Gasteiger charge is 2.86. The third-order valence-electron chi connectivity index (χ3n) is 11.8. The van der Waals surface area contributed by atoms with E-state index in [-0.39, 0.29) is 11.8 Å². The van der Waals surface area contributed by atoms with E-state index < -0.39 is 22.4 Å². The number of hydrogen-bond donors (Lipinski definition) is 0. The van der Waals surface area contributed by atoms with Crippen molar-refractivity contribution in [3.05, 3.63) is 178 Å². The second kappa shape index (κ2) is 7.41. The first-order valence-corrected chi connectivity index (χ1v) is 15.8.